The number of nitrogens with one attached hydrogen (secondary N) is 1. The second-order valence-corrected chi connectivity index (χ2v) is 8.71. The number of amides is 1. The van der Waals surface area contributed by atoms with Crippen molar-refractivity contribution in [3.63, 3.8) is 0 Å². The van der Waals surface area contributed by atoms with E-state index in [1.807, 2.05) is 30.3 Å². The van der Waals surface area contributed by atoms with E-state index in [1.165, 1.54) is 0 Å². The fourth-order valence-electron chi connectivity index (χ4n) is 3.68. The lowest BCUT2D eigenvalue weighted by molar-refractivity contribution is -0.124. The molecule has 1 aromatic heterocycles. The number of rotatable bonds is 8. The largest absolute Gasteiger partial charge is 0.484 e. The SMILES string of the molecule is O=C(COc1ccc(Oc2ccccn2)cc1)NC1CCN(Cc2ccc(Cl)c(Cl)c2)CC1. The Hall–Kier alpha value is -2.80. The summed E-state index contributed by atoms with van der Waals surface area (Å²) < 4.78 is 11.3. The molecule has 1 amide bonds. The van der Waals surface area contributed by atoms with Gasteiger partial charge in [-0.25, -0.2) is 4.98 Å². The van der Waals surface area contributed by atoms with E-state index in [9.17, 15) is 4.79 Å². The number of carbonyl (C=O) groups excluding carboxylic acids is 1. The van der Waals surface area contributed by atoms with Crippen LogP contribution >= 0.6 is 23.2 Å². The van der Waals surface area contributed by atoms with Gasteiger partial charge in [-0.1, -0.05) is 35.3 Å². The minimum atomic E-state index is -0.119. The number of carbonyl (C=O) groups is 1. The molecule has 0 radical (unpaired) electrons. The molecule has 0 spiro atoms. The highest BCUT2D eigenvalue weighted by Gasteiger charge is 2.21. The summed E-state index contributed by atoms with van der Waals surface area (Å²) in [5.41, 5.74) is 1.14. The van der Waals surface area contributed by atoms with Crippen LogP contribution in [0.2, 0.25) is 10.0 Å². The molecule has 2 heterocycles. The Morgan fingerprint density at radius 1 is 1.00 bits per heavy atom. The predicted octanol–water partition coefficient (Wildman–Crippen LogP) is 5.34. The molecule has 1 aliphatic heterocycles. The molecule has 0 bridgehead atoms. The van der Waals surface area contributed by atoms with Crippen LogP contribution in [0.15, 0.2) is 66.9 Å². The van der Waals surface area contributed by atoms with Gasteiger partial charge in [0.1, 0.15) is 11.5 Å². The number of halogens is 2. The number of hydrogen-bond acceptors (Lipinski definition) is 5. The number of ether oxygens (including phenoxy) is 2. The summed E-state index contributed by atoms with van der Waals surface area (Å²) in [5, 5.41) is 4.22. The van der Waals surface area contributed by atoms with Gasteiger partial charge in [-0.15, -0.1) is 0 Å². The van der Waals surface area contributed by atoms with Crippen molar-refractivity contribution in [3.05, 3.63) is 82.5 Å². The Morgan fingerprint density at radius 3 is 2.45 bits per heavy atom. The van der Waals surface area contributed by atoms with Gasteiger partial charge in [0.2, 0.25) is 5.88 Å². The molecular formula is C25H25Cl2N3O3. The molecule has 172 valence electrons. The van der Waals surface area contributed by atoms with E-state index in [0.717, 1.165) is 38.0 Å². The van der Waals surface area contributed by atoms with Crippen LogP contribution in [0, 0.1) is 0 Å². The van der Waals surface area contributed by atoms with Gasteiger partial charge < -0.3 is 14.8 Å². The van der Waals surface area contributed by atoms with Crippen molar-refractivity contribution in [1.29, 1.82) is 0 Å². The fraction of sp³-hybridized carbons (Fsp3) is 0.280. The summed E-state index contributed by atoms with van der Waals surface area (Å²) in [6, 6.07) is 18.5. The zero-order chi connectivity index (χ0) is 23.0. The first kappa shape index (κ1) is 23.4. The molecular weight excluding hydrogens is 461 g/mol. The number of pyridine rings is 1. The zero-order valence-corrected chi connectivity index (χ0v) is 19.6. The van der Waals surface area contributed by atoms with E-state index in [-0.39, 0.29) is 18.6 Å². The summed E-state index contributed by atoms with van der Waals surface area (Å²) in [6.45, 7) is 2.61. The van der Waals surface area contributed by atoms with Gasteiger partial charge in [-0.3, -0.25) is 9.69 Å². The Morgan fingerprint density at radius 2 is 1.76 bits per heavy atom. The second-order valence-electron chi connectivity index (χ2n) is 7.90. The van der Waals surface area contributed by atoms with Gasteiger partial charge in [0.25, 0.3) is 5.91 Å². The van der Waals surface area contributed by atoms with Crippen molar-refractivity contribution in [2.75, 3.05) is 19.7 Å². The Kier molecular flexibility index (Phi) is 8.05. The van der Waals surface area contributed by atoms with Gasteiger partial charge in [0.15, 0.2) is 6.61 Å². The number of nitrogens with zero attached hydrogens (tertiary/aromatic N) is 2. The number of likely N-dealkylation sites (tertiary alicyclic amines) is 1. The number of aromatic nitrogens is 1. The smallest absolute Gasteiger partial charge is 0.258 e. The molecule has 0 saturated carbocycles. The summed E-state index contributed by atoms with van der Waals surface area (Å²) in [5.74, 6) is 1.66. The lowest BCUT2D eigenvalue weighted by atomic mass is 10.0. The maximum Gasteiger partial charge on any atom is 0.258 e. The van der Waals surface area contributed by atoms with Gasteiger partial charge in [-0.05, 0) is 60.9 Å². The highest BCUT2D eigenvalue weighted by Crippen LogP contribution is 2.24. The first-order valence-corrected chi connectivity index (χ1v) is 11.6. The van der Waals surface area contributed by atoms with Gasteiger partial charge >= 0.3 is 0 Å². The fourth-order valence-corrected chi connectivity index (χ4v) is 4.00. The molecule has 4 rings (SSSR count). The van der Waals surface area contributed by atoms with Crippen LogP contribution in [-0.2, 0) is 11.3 Å². The number of piperidine rings is 1. The quantitative estimate of drug-likeness (QED) is 0.466. The molecule has 1 fully saturated rings. The average Bonchev–Trinajstić information content (AvgIpc) is 2.83. The maximum atomic E-state index is 12.3. The van der Waals surface area contributed by atoms with Crippen LogP contribution < -0.4 is 14.8 Å². The van der Waals surface area contributed by atoms with E-state index in [2.05, 4.69) is 15.2 Å². The topological polar surface area (TPSA) is 63.7 Å². The predicted molar refractivity (Wildman–Crippen MR) is 129 cm³/mol. The highest BCUT2D eigenvalue weighted by atomic mass is 35.5. The number of benzene rings is 2. The van der Waals surface area contributed by atoms with Crippen LogP contribution in [0.3, 0.4) is 0 Å². The third kappa shape index (κ3) is 7.09. The Balaban J connectivity index is 1.16. The van der Waals surface area contributed by atoms with Crippen LogP contribution in [0.5, 0.6) is 17.4 Å². The summed E-state index contributed by atoms with van der Waals surface area (Å²) in [4.78, 5) is 18.8. The molecule has 2 aromatic carbocycles. The summed E-state index contributed by atoms with van der Waals surface area (Å²) in [6.07, 6.45) is 3.46. The molecule has 6 nitrogen and oxygen atoms in total. The van der Waals surface area contributed by atoms with Crippen molar-refractivity contribution >= 4 is 29.1 Å². The number of hydrogen-bond donors (Lipinski definition) is 1. The van der Waals surface area contributed by atoms with Crippen molar-refractivity contribution in [2.24, 2.45) is 0 Å². The lowest BCUT2D eigenvalue weighted by Gasteiger charge is -2.32. The minimum Gasteiger partial charge on any atom is -0.484 e. The molecule has 3 aromatic rings. The minimum absolute atomic E-state index is 0.0239. The molecule has 1 saturated heterocycles. The molecule has 33 heavy (non-hydrogen) atoms. The van der Waals surface area contributed by atoms with E-state index >= 15 is 0 Å². The summed E-state index contributed by atoms with van der Waals surface area (Å²) in [7, 11) is 0. The second kappa shape index (κ2) is 11.4. The first-order valence-electron chi connectivity index (χ1n) is 10.8. The molecule has 1 N–H and O–H groups in total. The van der Waals surface area contributed by atoms with Crippen LogP contribution in [0.1, 0.15) is 18.4 Å². The third-order valence-electron chi connectivity index (χ3n) is 5.40. The van der Waals surface area contributed by atoms with Gasteiger partial charge in [0.05, 0.1) is 10.0 Å². The standard InChI is InChI=1S/C25H25Cl2N3O3/c26-22-9-4-18(15-23(22)27)16-30-13-10-19(11-14-30)29-24(31)17-32-20-5-7-21(8-6-20)33-25-3-1-2-12-28-25/h1-9,12,15,19H,10-11,13-14,16-17H2,(H,29,31). The average molecular weight is 486 g/mol. The van der Waals surface area contributed by atoms with Crippen LogP contribution in [-0.4, -0.2) is 41.5 Å². The molecule has 1 aliphatic rings. The Bertz CT molecular complexity index is 1060. The van der Waals surface area contributed by atoms with Gasteiger partial charge in [0, 0.05) is 37.9 Å². The van der Waals surface area contributed by atoms with E-state index in [4.69, 9.17) is 32.7 Å². The van der Waals surface area contributed by atoms with Crippen LogP contribution in [0.4, 0.5) is 0 Å². The maximum absolute atomic E-state index is 12.3. The van der Waals surface area contributed by atoms with E-state index in [1.54, 1.807) is 36.5 Å². The molecule has 8 heteroatoms. The van der Waals surface area contributed by atoms with Crippen molar-refractivity contribution in [1.82, 2.24) is 15.2 Å². The zero-order valence-electron chi connectivity index (χ0n) is 18.0. The summed E-state index contributed by atoms with van der Waals surface area (Å²) >= 11 is 12.1. The van der Waals surface area contributed by atoms with Crippen molar-refractivity contribution in [2.45, 2.75) is 25.4 Å². The monoisotopic (exact) mass is 485 g/mol. The van der Waals surface area contributed by atoms with Crippen LogP contribution in [0.25, 0.3) is 0 Å². The van der Waals surface area contributed by atoms with Crippen molar-refractivity contribution < 1.29 is 14.3 Å². The van der Waals surface area contributed by atoms with E-state index in [0.29, 0.717) is 27.4 Å². The molecule has 0 aliphatic carbocycles. The molecule has 0 unspecified atom stereocenters. The Labute approximate surface area is 203 Å². The normalized spacial score (nSPS) is 14.6. The first-order chi connectivity index (χ1) is 16.0. The third-order valence-corrected chi connectivity index (χ3v) is 6.14. The highest BCUT2D eigenvalue weighted by molar-refractivity contribution is 6.42. The van der Waals surface area contributed by atoms with E-state index < -0.39 is 0 Å². The van der Waals surface area contributed by atoms with Crippen molar-refractivity contribution in [3.8, 4) is 17.4 Å². The van der Waals surface area contributed by atoms with Gasteiger partial charge in [-0.2, -0.15) is 0 Å². The lowest BCUT2D eigenvalue weighted by Crippen LogP contribution is -2.45. The molecule has 0 atom stereocenters.